The number of rotatable bonds is 7. The number of nitrogens with zero attached hydrogens (tertiary/aromatic N) is 3. The van der Waals surface area contributed by atoms with Crippen molar-refractivity contribution in [1.29, 1.82) is 0 Å². The number of phenolic OH excluding ortho intramolecular Hbond substituents is 2. The number of benzene rings is 5. The molecule has 5 aromatic rings. The lowest BCUT2D eigenvalue weighted by molar-refractivity contribution is -0.118. The number of hydrogen-bond acceptors (Lipinski definition) is 13. The van der Waals surface area contributed by atoms with Gasteiger partial charge in [0.1, 0.15) is 40.2 Å². The number of piperidine rings is 1. The van der Waals surface area contributed by atoms with Crippen LogP contribution in [0.1, 0.15) is 98.6 Å². The monoisotopic (exact) mass is 1070 g/mol. The molecule has 0 saturated carbocycles. The second-order valence-electron chi connectivity index (χ2n) is 21.1. The van der Waals surface area contributed by atoms with Crippen LogP contribution in [0.4, 0.5) is 25.8 Å². The van der Waals surface area contributed by atoms with Gasteiger partial charge in [-0.25, -0.2) is 8.78 Å². The van der Waals surface area contributed by atoms with Crippen molar-refractivity contribution in [1.82, 2.24) is 5.32 Å². The zero-order valence-electron chi connectivity index (χ0n) is 44.3. The number of nitrogens with one attached hydrogen (secondary N) is 3. The number of anilines is 3. The van der Waals surface area contributed by atoms with Gasteiger partial charge in [0.15, 0.2) is 11.4 Å². The minimum atomic E-state index is -1.96. The van der Waals surface area contributed by atoms with E-state index in [9.17, 15) is 44.0 Å². The number of carbonyl (C=O) groups excluding carboxylic acids is 4. The summed E-state index contributed by atoms with van der Waals surface area (Å²) in [7, 11) is 0. The van der Waals surface area contributed by atoms with Crippen molar-refractivity contribution in [2.45, 2.75) is 110 Å². The van der Waals surface area contributed by atoms with Crippen molar-refractivity contribution in [2.75, 3.05) is 28.6 Å². The molecule has 3 amide bonds. The summed E-state index contributed by atoms with van der Waals surface area (Å²) in [5, 5.41) is 54.8. The summed E-state index contributed by atoms with van der Waals surface area (Å²) in [6.07, 6.45) is 8.38. The summed E-state index contributed by atoms with van der Waals surface area (Å²) < 4.78 is 42.2. The minimum absolute atomic E-state index is 0.00673. The van der Waals surface area contributed by atoms with Crippen LogP contribution in [0.3, 0.4) is 0 Å². The highest BCUT2D eigenvalue weighted by Gasteiger charge is 2.50. The third kappa shape index (κ3) is 10.8. The Labute approximate surface area is 449 Å². The molecule has 0 aliphatic carbocycles. The summed E-state index contributed by atoms with van der Waals surface area (Å²) in [5.41, 5.74) is -0.0870. The summed E-state index contributed by atoms with van der Waals surface area (Å²) in [6.45, 7) is 10.6. The molecule has 7 atom stereocenters. The zero-order chi connectivity index (χ0) is 55.8. The smallest absolute Gasteiger partial charge is 0.312 e. The first kappa shape index (κ1) is 54.8. The van der Waals surface area contributed by atoms with Crippen molar-refractivity contribution in [3.05, 3.63) is 154 Å². The number of ether oxygens (including phenoxy) is 2. The Morgan fingerprint density at radius 1 is 0.910 bits per heavy atom. The Balaban J connectivity index is 1.07. The number of aliphatic hydroxyl groups excluding tert-OH is 2. The third-order valence-electron chi connectivity index (χ3n) is 15.5. The molecule has 0 aromatic heterocycles. The average Bonchev–Trinajstić information content (AvgIpc) is 3.93. The minimum Gasteiger partial charge on any atom is -0.507 e. The van der Waals surface area contributed by atoms with Gasteiger partial charge in [0.25, 0.3) is 17.6 Å². The number of carbonyl (C=O) groups is 4. The van der Waals surface area contributed by atoms with E-state index in [1.807, 2.05) is 24.8 Å². The average molecular weight is 1070 g/mol. The van der Waals surface area contributed by atoms with Gasteiger partial charge in [0, 0.05) is 61.7 Å². The Bertz CT molecular complexity index is 3430. The number of amides is 3. The zero-order valence-corrected chi connectivity index (χ0v) is 44.3. The van der Waals surface area contributed by atoms with Crippen LogP contribution in [0.25, 0.3) is 10.8 Å². The Hall–Kier alpha value is -7.96. The Morgan fingerprint density at radius 2 is 1.62 bits per heavy atom. The number of Topliss-reactive ketones (excluding diaryl/α,β-unsaturated/α-hetero) is 1. The molecular formula is C60H64F2N6O10. The van der Waals surface area contributed by atoms with Crippen LogP contribution in [-0.2, 0) is 20.7 Å². The van der Waals surface area contributed by atoms with Crippen molar-refractivity contribution >= 4 is 51.3 Å². The molecular weight excluding hydrogens is 1000 g/mol. The third-order valence-corrected chi connectivity index (χ3v) is 15.5. The van der Waals surface area contributed by atoms with Gasteiger partial charge in [-0.1, -0.05) is 81.5 Å². The van der Waals surface area contributed by atoms with E-state index in [0.29, 0.717) is 30.5 Å². The molecule has 1 fully saturated rings. The van der Waals surface area contributed by atoms with Crippen molar-refractivity contribution in [3.63, 3.8) is 0 Å². The molecule has 5 bridgehead atoms. The summed E-state index contributed by atoms with van der Waals surface area (Å²) in [6, 6.07) is 17.1. The first-order chi connectivity index (χ1) is 37.2. The number of allylic oxidation sites excluding steroid dienone is 4. The van der Waals surface area contributed by atoms with Gasteiger partial charge >= 0.3 is 5.79 Å². The fourth-order valence-corrected chi connectivity index (χ4v) is 10.6. The van der Waals surface area contributed by atoms with E-state index in [2.05, 4.69) is 16.0 Å². The number of hydrogen-bond donors (Lipinski definition) is 7. The van der Waals surface area contributed by atoms with Crippen LogP contribution in [-0.4, -0.2) is 86.7 Å². The van der Waals surface area contributed by atoms with Gasteiger partial charge in [0.2, 0.25) is 5.91 Å². The van der Waals surface area contributed by atoms with Crippen LogP contribution >= 0.6 is 0 Å². The standard InChI is InChI=1S/C60H64F2N6O10/c1-32-14-12-15-34(3)56(74)65-50-49-48(45-46(53(50)72)52(71)36(5)54-47(45)55(73)59(6,78-54)77-29-13-16-33(2)51(70)35(4)44(69)24-21-32)66-60(67-49)25-27-68(28-26-60)43-23-22-38(61)31-41(43)63-58(76)42(30-37-17-8-7-9-18-37)64-57(75)39-19-10-11-20-40(39)62/h7-15,17-20,22-23,29,31-33,35,42,44,51,69-72H,16,21,24-28,30H2,1-6H3,(H,63,76)(H,64,75)(H,65,74)/b14-12+,29-13+,34-15-/t32?,33?,35-,42?,44?,51?,59-/m1/s1. The van der Waals surface area contributed by atoms with E-state index in [1.165, 1.54) is 56.5 Å². The lowest BCUT2D eigenvalue weighted by Gasteiger charge is -2.37. The number of aliphatic hydroxyl groups is 2. The molecule has 7 N–H and O–H groups in total. The quantitative estimate of drug-likeness (QED) is 0.0769. The molecule has 18 heteroatoms. The second-order valence-corrected chi connectivity index (χ2v) is 21.1. The SMILES string of the molecule is C/C1=C/C=C/C(C)CCC(O)[C@@H](C)C(O)C(C)C/C=C/O[C@]2(C)Oc3c(C)c(O)c4c(O)c(c5c(c4c3C2=O)=NC2(CCN(c3ccc(F)cc3NC(=O)C(Cc3ccccc3)NC(=O)c3ccccc3F)CC2)N=5)NC1=O. The van der Waals surface area contributed by atoms with Gasteiger partial charge < -0.3 is 50.8 Å². The van der Waals surface area contributed by atoms with Crippen LogP contribution in [0.2, 0.25) is 0 Å². The molecule has 78 heavy (non-hydrogen) atoms. The number of phenols is 2. The normalized spacial score (nSPS) is 25.1. The van der Waals surface area contributed by atoms with Gasteiger partial charge in [-0.2, -0.15) is 0 Å². The lowest BCUT2D eigenvalue weighted by Crippen LogP contribution is -2.46. The fourth-order valence-electron chi connectivity index (χ4n) is 10.6. The van der Waals surface area contributed by atoms with E-state index in [0.717, 1.165) is 6.07 Å². The number of ketones is 1. The van der Waals surface area contributed by atoms with Crippen molar-refractivity contribution in [2.24, 2.45) is 27.7 Å². The first-order valence-corrected chi connectivity index (χ1v) is 26.3. The highest BCUT2D eigenvalue weighted by atomic mass is 19.1. The van der Waals surface area contributed by atoms with E-state index in [4.69, 9.17) is 19.5 Å². The van der Waals surface area contributed by atoms with Gasteiger partial charge in [-0.05, 0) is 86.9 Å². The first-order valence-electron chi connectivity index (χ1n) is 26.3. The summed E-state index contributed by atoms with van der Waals surface area (Å²) >= 11 is 0. The maximum atomic E-state index is 15.2. The molecule has 16 nitrogen and oxygen atoms in total. The number of halogens is 2. The molecule has 5 heterocycles. The van der Waals surface area contributed by atoms with Crippen LogP contribution in [0.15, 0.2) is 119 Å². The molecule has 5 aliphatic rings. The predicted molar refractivity (Wildman–Crippen MR) is 290 cm³/mol. The largest absolute Gasteiger partial charge is 0.507 e. The van der Waals surface area contributed by atoms with Gasteiger partial charge in [-0.3, -0.25) is 29.2 Å². The van der Waals surface area contributed by atoms with Crippen LogP contribution in [0, 0.1) is 36.3 Å². The summed E-state index contributed by atoms with van der Waals surface area (Å²) in [5.74, 6) is -7.86. The van der Waals surface area contributed by atoms with Crippen molar-refractivity contribution in [3.8, 4) is 17.2 Å². The molecule has 0 radical (unpaired) electrons. The van der Waals surface area contributed by atoms with Crippen LogP contribution < -0.4 is 36.3 Å². The topological polar surface area (TPSA) is 232 Å². The highest BCUT2D eigenvalue weighted by molar-refractivity contribution is 6.19. The van der Waals surface area contributed by atoms with Crippen molar-refractivity contribution < 1.29 is 57.9 Å². The summed E-state index contributed by atoms with van der Waals surface area (Å²) in [4.78, 5) is 68.8. The predicted octanol–water partition coefficient (Wildman–Crippen LogP) is 8.14. The number of fused-ring (bicyclic) bond motifs is 13. The maximum absolute atomic E-state index is 15.2. The van der Waals surface area contributed by atoms with E-state index in [1.54, 1.807) is 62.4 Å². The van der Waals surface area contributed by atoms with Gasteiger partial charge in [-0.15, -0.1) is 0 Å². The number of aromatic hydroxyl groups is 2. The van der Waals surface area contributed by atoms with Crippen LogP contribution in [0.5, 0.6) is 17.2 Å². The molecule has 1 saturated heterocycles. The molecule has 408 valence electrons. The van der Waals surface area contributed by atoms with Gasteiger partial charge in [0.05, 0.1) is 51.7 Å². The van der Waals surface area contributed by atoms with E-state index in [-0.39, 0.29) is 105 Å². The second kappa shape index (κ2) is 22.2. The molecule has 10 rings (SSSR count). The lowest BCUT2D eigenvalue weighted by atomic mass is 9.85. The fraction of sp³-hybridized carbons (Fsp3) is 0.367. The highest BCUT2D eigenvalue weighted by Crippen LogP contribution is 2.50. The molecule has 1 spiro atoms. The van der Waals surface area contributed by atoms with E-state index >= 15 is 4.39 Å². The molecule has 5 aliphatic heterocycles. The van der Waals surface area contributed by atoms with E-state index < -0.39 is 82.3 Å². The molecule has 5 unspecified atom stereocenters. The maximum Gasteiger partial charge on any atom is 0.312 e. The Morgan fingerprint density at radius 3 is 2.35 bits per heavy atom. The Kier molecular flexibility index (Phi) is 15.6. The molecule has 5 aromatic carbocycles.